The van der Waals surface area contributed by atoms with Gasteiger partial charge >= 0.3 is 0 Å². The number of benzene rings is 3. The average molecular weight is 327 g/mol. The molecule has 0 aliphatic carbocycles. The molecule has 0 saturated heterocycles. The third kappa shape index (κ3) is 2.64. The number of rotatable bonds is 3. The molecule has 4 rings (SSSR count). The molecule has 1 heterocycles. The normalized spacial score (nSPS) is 16.8. The Kier molecular flexibility index (Phi) is 3.89. The van der Waals surface area contributed by atoms with Gasteiger partial charge in [-0.25, -0.2) is 0 Å². The molecule has 0 N–H and O–H groups in total. The van der Waals surface area contributed by atoms with Crippen LogP contribution in [0.3, 0.4) is 0 Å². The summed E-state index contributed by atoms with van der Waals surface area (Å²) >= 11 is 0. The van der Waals surface area contributed by atoms with Gasteiger partial charge in [-0.05, 0) is 34.9 Å². The number of fused-ring (bicyclic) bond motifs is 3. The standard InChI is InChI=1S/C23H21NO/c1-3-14-24-21-13-12-17-6-4-5-7-19(17)23(21)20(15-22(24)25)18-10-8-16(2)9-11-18/h3-13,20H,1,14-15H2,2H3. The molecule has 1 aliphatic rings. The van der Waals surface area contributed by atoms with Gasteiger partial charge in [0.1, 0.15) is 0 Å². The molecule has 0 fully saturated rings. The first-order valence-electron chi connectivity index (χ1n) is 8.68. The van der Waals surface area contributed by atoms with Gasteiger partial charge in [-0.2, -0.15) is 0 Å². The number of hydrogen-bond acceptors (Lipinski definition) is 1. The molecule has 2 heteroatoms. The highest BCUT2D eigenvalue weighted by atomic mass is 16.2. The number of hydrogen-bond donors (Lipinski definition) is 0. The van der Waals surface area contributed by atoms with E-state index >= 15 is 0 Å². The largest absolute Gasteiger partial charge is 0.308 e. The number of carbonyl (C=O) groups is 1. The Morgan fingerprint density at radius 2 is 1.84 bits per heavy atom. The van der Waals surface area contributed by atoms with Crippen LogP contribution in [-0.4, -0.2) is 12.5 Å². The summed E-state index contributed by atoms with van der Waals surface area (Å²) in [5.74, 6) is 0.253. The topological polar surface area (TPSA) is 20.3 Å². The molecule has 1 aliphatic heterocycles. The van der Waals surface area contributed by atoms with E-state index in [2.05, 4.69) is 74.2 Å². The van der Waals surface area contributed by atoms with Gasteiger partial charge in [0.2, 0.25) is 5.91 Å². The summed E-state index contributed by atoms with van der Waals surface area (Å²) in [6, 6.07) is 21.2. The van der Waals surface area contributed by atoms with E-state index in [9.17, 15) is 4.79 Å². The highest BCUT2D eigenvalue weighted by molar-refractivity contribution is 6.03. The second-order valence-electron chi connectivity index (χ2n) is 6.68. The van der Waals surface area contributed by atoms with E-state index in [-0.39, 0.29) is 11.8 Å². The number of anilines is 1. The summed E-state index contributed by atoms with van der Waals surface area (Å²) in [5.41, 5.74) is 4.70. The summed E-state index contributed by atoms with van der Waals surface area (Å²) < 4.78 is 0. The molecule has 3 aromatic carbocycles. The lowest BCUT2D eigenvalue weighted by atomic mass is 9.81. The van der Waals surface area contributed by atoms with Crippen molar-refractivity contribution in [1.29, 1.82) is 0 Å². The third-order valence-corrected chi connectivity index (χ3v) is 5.06. The van der Waals surface area contributed by atoms with Crippen molar-refractivity contribution in [2.45, 2.75) is 19.3 Å². The van der Waals surface area contributed by atoms with Crippen LogP contribution in [0.4, 0.5) is 5.69 Å². The predicted molar refractivity (Wildman–Crippen MR) is 104 cm³/mol. The van der Waals surface area contributed by atoms with Crippen molar-refractivity contribution in [3.05, 3.63) is 90.0 Å². The summed E-state index contributed by atoms with van der Waals surface area (Å²) in [5, 5.41) is 2.44. The summed E-state index contributed by atoms with van der Waals surface area (Å²) in [7, 11) is 0. The number of aryl methyl sites for hydroxylation is 1. The second kappa shape index (κ2) is 6.21. The van der Waals surface area contributed by atoms with Gasteiger partial charge in [-0.1, -0.05) is 66.2 Å². The minimum atomic E-state index is 0.0928. The molecular formula is C23H21NO. The molecule has 0 spiro atoms. The predicted octanol–water partition coefficient (Wildman–Crippen LogP) is 5.20. The van der Waals surface area contributed by atoms with Crippen molar-refractivity contribution in [2.24, 2.45) is 0 Å². The van der Waals surface area contributed by atoms with Crippen molar-refractivity contribution in [3.63, 3.8) is 0 Å². The summed E-state index contributed by atoms with van der Waals surface area (Å²) in [4.78, 5) is 14.7. The molecule has 3 aromatic rings. The molecular weight excluding hydrogens is 306 g/mol. The molecule has 2 nitrogen and oxygen atoms in total. The Labute approximate surface area is 148 Å². The van der Waals surface area contributed by atoms with E-state index < -0.39 is 0 Å². The zero-order valence-electron chi connectivity index (χ0n) is 14.4. The van der Waals surface area contributed by atoms with Crippen LogP contribution >= 0.6 is 0 Å². The highest BCUT2D eigenvalue weighted by Crippen LogP contribution is 2.43. The first-order valence-corrected chi connectivity index (χ1v) is 8.68. The third-order valence-electron chi connectivity index (χ3n) is 5.06. The summed E-state index contributed by atoms with van der Waals surface area (Å²) in [6.45, 7) is 6.45. The van der Waals surface area contributed by atoms with Crippen molar-refractivity contribution >= 4 is 22.4 Å². The Hall–Kier alpha value is -2.87. The number of amides is 1. The zero-order valence-corrected chi connectivity index (χ0v) is 14.4. The fraction of sp³-hybridized carbons (Fsp3) is 0.174. The fourth-order valence-electron chi connectivity index (χ4n) is 3.82. The molecule has 0 aromatic heterocycles. The second-order valence-corrected chi connectivity index (χ2v) is 6.68. The van der Waals surface area contributed by atoms with Crippen LogP contribution in [0.25, 0.3) is 10.8 Å². The van der Waals surface area contributed by atoms with Crippen molar-refractivity contribution in [1.82, 2.24) is 0 Å². The monoisotopic (exact) mass is 327 g/mol. The van der Waals surface area contributed by atoms with Gasteiger partial charge in [0.05, 0.1) is 0 Å². The highest BCUT2D eigenvalue weighted by Gasteiger charge is 2.32. The van der Waals surface area contributed by atoms with E-state index in [0.717, 1.165) is 5.69 Å². The maximum atomic E-state index is 12.8. The van der Waals surface area contributed by atoms with Crippen LogP contribution in [0.15, 0.2) is 73.3 Å². The van der Waals surface area contributed by atoms with Crippen molar-refractivity contribution < 1.29 is 4.79 Å². The van der Waals surface area contributed by atoms with Crippen molar-refractivity contribution in [2.75, 3.05) is 11.4 Å². The first-order chi connectivity index (χ1) is 12.2. The van der Waals surface area contributed by atoms with Crippen LogP contribution < -0.4 is 4.90 Å². The zero-order chi connectivity index (χ0) is 17.4. The Morgan fingerprint density at radius 1 is 1.08 bits per heavy atom. The lowest BCUT2D eigenvalue weighted by molar-refractivity contribution is -0.119. The van der Waals surface area contributed by atoms with E-state index in [4.69, 9.17) is 0 Å². The van der Waals surface area contributed by atoms with Crippen molar-refractivity contribution in [3.8, 4) is 0 Å². The maximum absolute atomic E-state index is 12.8. The van der Waals surface area contributed by atoms with Crippen LogP contribution in [0.5, 0.6) is 0 Å². The fourth-order valence-corrected chi connectivity index (χ4v) is 3.82. The molecule has 25 heavy (non-hydrogen) atoms. The van der Waals surface area contributed by atoms with Gasteiger partial charge in [-0.15, -0.1) is 6.58 Å². The molecule has 0 bridgehead atoms. The van der Waals surface area contributed by atoms with Crippen LogP contribution in [0.1, 0.15) is 29.0 Å². The van der Waals surface area contributed by atoms with Gasteiger partial charge < -0.3 is 4.90 Å². The van der Waals surface area contributed by atoms with Gasteiger partial charge in [0, 0.05) is 24.6 Å². The minimum absolute atomic E-state index is 0.0928. The van der Waals surface area contributed by atoms with E-state index in [1.54, 1.807) is 6.08 Å². The molecule has 0 saturated carbocycles. The molecule has 1 atom stereocenters. The van der Waals surface area contributed by atoms with E-state index in [0.29, 0.717) is 13.0 Å². The number of nitrogens with zero attached hydrogens (tertiary/aromatic N) is 1. The lowest BCUT2D eigenvalue weighted by Crippen LogP contribution is -2.37. The number of carbonyl (C=O) groups excluding carboxylic acids is 1. The Balaban J connectivity index is 1.97. The van der Waals surface area contributed by atoms with Gasteiger partial charge in [-0.3, -0.25) is 4.79 Å². The van der Waals surface area contributed by atoms with Gasteiger partial charge in [0.15, 0.2) is 0 Å². The Bertz CT molecular complexity index is 955. The average Bonchev–Trinajstić information content (AvgIpc) is 2.64. The molecule has 124 valence electrons. The molecule has 1 amide bonds. The first kappa shape index (κ1) is 15.6. The minimum Gasteiger partial charge on any atom is -0.308 e. The Morgan fingerprint density at radius 3 is 2.60 bits per heavy atom. The van der Waals surface area contributed by atoms with Crippen LogP contribution in [0.2, 0.25) is 0 Å². The van der Waals surface area contributed by atoms with Crippen LogP contribution in [-0.2, 0) is 4.79 Å². The van der Waals surface area contributed by atoms with E-state index in [1.165, 1.54) is 27.5 Å². The maximum Gasteiger partial charge on any atom is 0.228 e. The SMILES string of the molecule is C=CCN1C(=O)CC(c2ccc(C)cc2)c2c1ccc1ccccc21. The molecule has 1 unspecified atom stereocenters. The molecule has 0 radical (unpaired) electrons. The lowest BCUT2D eigenvalue weighted by Gasteiger charge is -2.35. The smallest absolute Gasteiger partial charge is 0.228 e. The summed E-state index contributed by atoms with van der Waals surface area (Å²) in [6.07, 6.45) is 2.29. The van der Waals surface area contributed by atoms with Crippen LogP contribution in [0, 0.1) is 6.92 Å². The quantitative estimate of drug-likeness (QED) is 0.605. The van der Waals surface area contributed by atoms with E-state index in [1.807, 2.05) is 4.90 Å². The van der Waals surface area contributed by atoms with Gasteiger partial charge in [0.25, 0.3) is 0 Å².